The zero-order chi connectivity index (χ0) is 20.8. The van der Waals surface area contributed by atoms with E-state index in [1.807, 2.05) is 36.9 Å². The Morgan fingerprint density at radius 1 is 1.33 bits per heavy atom. The summed E-state index contributed by atoms with van der Waals surface area (Å²) in [4.78, 5) is 29.3. The molecule has 3 aromatic rings. The van der Waals surface area contributed by atoms with E-state index in [9.17, 15) is 9.59 Å². The molecule has 0 radical (unpaired) electrons. The number of imidazole rings is 1. The Kier molecular flexibility index (Phi) is 4.60. The van der Waals surface area contributed by atoms with Crippen molar-refractivity contribution in [1.29, 1.82) is 0 Å². The van der Waals surface area contributed by atoms with Gasteiger partial charge < -0.3 is 19.0 Å². The lowest BCUT2D eigenvalue weighted by Gasteiger charge is -2.18. The van der Waals surface area contributed by atoms with Crippen LogP contribution in [0.3, 0.4) is 0 Å². The van der Waals surface area contributed by atoms with E-state index >= 15 is 0 Å². The van der Waals surface area contributed by atoms with Crippen LogP contribution in [0.2, 0.25) is 0 Å². The van der Waals surface area contributed by atoms with Crippen molar-refractivity contribution in [2.24, 2.45) is 13.0 Å². The first kappa shape index (κ1) is 18.9. The third-order valence-corrected chi connectivity index (χ3v) is 6.25. The molecule has 1 amide bonds. The number of carbonyl (C=O) groups is 1. The van der Waals surface area contributed by atoms with Crippen molar-refractivity contribution in [3.05, 3.63) is 57.5 Å². The number of nitrogens with one attached hydrogen (secondary N) is 1. The Balaban J connectivity index is 1.33. The van der Waals surface area contributed by atoms with Crippen molar-refractivity contribution in [3.63, 3.8) is 0 Å². The van der Waals surface area contributed by atoms with Gasteiger partial charge in [-0.25, -0.2) is 9.78 Å². The first-order chi connectivity index (χ1) is 14.5. The second kappa shape index (κ2) is 7.31. The van der Waals surface area contributed by atoms with E-state index in [0.29, 0.717) is 17.3 Å². The lowest BCUT2D eigenvalue weighted by atomic mass is 10.0. The summed E-state index contributed by atoms with van der Waals surface area (Å²) in [5, 5.41) is 4.04. The molecule has 0 bridgehead atoms. The molecule has 0 aliphatic heterocycles. The molecule has 1 saturated carbocycles. The van der Waals surface area contributed by atoms with Crippen molar-refractivity contribution in [1.82, 2.24) is 14.9 Å². The SMILES string of the molecule is Cc1c(OCC(=O)NC(c2nccn2C)C2CC2)ccc2c3c(c(=O)oc12)CCC3. The fourth-order valence-corrected chi connectivity index (χ4v) is 4.48. The highest BCUT2D eigenvalue weighted by Crippen LogP contribution is 2.40. The molecule has 2 aliphatic rings. The largest absolute Gasteiger partial charge is 0.483 e. The normalized spacial score (nSPS) is 16.5. The Morgan fingerprint density at radius 3 is 2.87 bits per heavy atom. The average Bonchev–Trinajstić information content (AvgIpc) is 3.28. The number of nitrogens with zero attached hydrogens (tertiary/aromatic N) is 2. The number of fused-ring (bicyclic) bond motifs is 3. The van der Waals surface area contributed by atoms with Crippen molar-refractivity contribution >= 4 is 16.9 Å². The highest BCUT2D eigenvalue weighted by molar-refractivity contribution is 5.86. The van der Waals surface area contributed by atoms with Gasteiger partial charge in [0.1, 0.15) is 17.2 Å². The molecule has 30 heavy (non-hydrogen) atoms. The summed E-state index contributed by atoms with van der Waals surface area (Å²) in [6.07, 6.45) is 8.47. The van der Waals surface area contributed by atoms with Gasteiger partial charge in [-0.1, -0.05) is 0 Å². The fraction of sp³-hybridized carbons (Fsp3) is 0.435. The van der Waals surface area contributed by atoms with Gasteiger partial charge in [-0.15, -0.1) is 0 Å². The molecule has 7 heteroatoms. The lowest BCUT2D eigenvalue weighted by Crippen LogP contribution is -2.35. The predicted octanol–water partition coefficient (Wildman–Crippen LogP) is 2.97. The van der Waals surface area contributed by atoms with Gasteiger partial charge in [-0.2, -0.15) is 0 Å². The van der Waals surface area contributed by atoms with E-state index in [4.69, 9.17) is 9.15 Å². The number of amides is 1. The minimum atomic E-state index is -0.254. The van der Waals surface area contributed by atoms with E-state index in [-0.39, 0.29) is 24.2 Å². The van der Waals surface area contributed by atoms with Crippen LogP contribution >= 0.6 is 0 Å². The zero-order valence-corrected chi connectivity index (χ0v) is 17.2. The molecule has 1 fully saturated rings. The third-order valence-electron chi connectivity index (χ3n) is 6.25. The third kappa shape index (κ3) is 3.28. The molecule has 7 nitrogen and oxygen atoms in total. The molecular weight excluding hydrogens is 382 g/mol. The van der Waals surface area contributed by atoms with Gasteiger partial charge in [0.25, 0.3) is 5.91 Å². The predicted molar refractivity (Wildman–Crippen MR) is 112 cm³/mol. The number of hydrogen-bond acceptors (Lipinski definition) is 5. The summed E-state index contributed by atoms with van der Waals surface area (Å²) in [6, 6.07) is 3.70. The number of aryl methyl sites for hydroxylation is 3. The lowest BCUT2D eigenvalue weighted by molar-refractivity contribution is -0.124. The number of aromatic nitrogens is 2. The Morgan fingerprint density at radius 2 is 2.13 bits per heavy atom. The number of rotatable bonds is 6. The summed E-state index contributed by atoms with van der Waals surface area (Å²) < 4.78 is 13.4. The van der Waals surface area contributed by atoms with Gasteiger partial charge in [0.05, 0.1) is 6.04 Å². The van der Waals surface area contributed by atoms with Crippen molar-refractivity contribution in [2.75, 3.05) is 6.61 Å². The molecule has 1 atom stereocenters. The topological polar surface area (TPSA) is 86.4 Å². The number of ether oxygens (including phenoxy) is 1. The monoisotopic (exact) mass is 407 g/mol. The van der Waals surface area contributed by atoms with Gasteiger partial charge in [-0.3, -0.25) is 4.79 Å². The molecule has 2 aromatic heterocycles. The Hall–Kier alpha value is -3.09. The molecule has 0 spiro atoms. The van der Waals surface area contributed by atoms with Gasteiger partial charge in [0, 0.05) is 36.0 Å². The maximum absolute atomic E-state index is 12.6. The van der Waals surface area contributed by atoms with E-state index in [1.54, 1.807) is 6.20 Å². The standard InChI is InChI=1S/C23H25N3O4/c1-13-18(9-8-16-15-4-3-5-17(15)23(28)30-21(13)16)29-12-19(27)25-20(14-6-7-14)22-24-10-11-26(22)2/h8-11,14,20H,3-7,12H2,1-2H3,(H,25,27). The second-order valence-corrected chi connectivity index (χ2v) is 8.33. The van der Waals surface area contributed by atoms with Gasteiger partial charge in [0.2, 0.25) is 0 Å². The van der Waals surface area contributed by atoms with Crippen LogP contribution in [0.15, 0.2) is 33.7 Å². The van der Waals surface area contributed by atoms with Crippen molar-refractivity contribution in [3.8, 4) is 5.75 Å². The van der Waals surface area contributed by atoms with Crippen LogP contribution in [0.25, 0.3) is 11.0 Å². The van der Waals surface area contributed by atoms with E-state index in [0.717, 1.165) is 60.0 Å². The molecule has 1 unspecified atom stereocenters. The summed E-state index contributed by atoms with van der Waals surface area (Å²) in [7, 11) is 1.93. The second-order valence-electron chi connectivity index (χ2n) is 8.33. The average molecular weight is 407 g/mol. The molecular formula is C23H25N3O4. The Bertz CT molecular complexity index is 1190. The van der Waals surface area contributed by atoms with Crippen LogP contribution in [0.5, 0.6) is 5.75 Å². The summed E-state index contributed by atoms with van der Waals surface area (Å²) in [5.41, 5.74) is 2.94. The summed E-state index contributed by atoms with van der Waals surface area (Å²) in [6.45, 7) is 1.76. The summed E-state index contributed by atoms with van der Waals surface area (Å²) >= 11 is 0. The van der Waals surface area contributed by atoms with Crippen molar-refractivity contribution in [2.45, 2.75) is 45.1 Å². The molecule has 1 aromatic carbocycles. The molecule has 5 rings (SSSR count). The van der Waals surface area contributed by atoms with Gasteiger partial charge >= 0.3 is 5.63 Å². The van der Waals surface area contributed by atoms with Crippen LogP contribution in [-0.2, 0) is 24.7 Å². The quantitative estimate of drug-likeness (QED) is 0.635. The first-order valence-electron chi connectivity index (χ1n) is 10.5. The molecule has 1 N–H and O–H groups in total. The van der Waals surface area contributed by atoms with Crippen LogP contribution in [-0.4, -0.2) is 22.1 Å². The number of benzene rings is 1. The van der Waals surface area contributed by atoms with E-state index in [2.05, 4.69) is 10.3 Å². The molecule has 2 aliphatic carbocycles. The maximum Gasteiger partial charge on any atom is 0.339 e. The highest BCUT2D eigenvalue weighted by Gasteiger charge is 2.35. The van der Waals surface area contributed by atoms with E-state index < -0.39 is 0 Å². The minimum absolute atomic E-state index is 0.0978. The highest BCUT2D eigenvalue weighted by atomic mass is 16.5. The van der Waals surface area contributed by atoms with Gasteiger partial charge in [0.15, 0.2) is 6.61 Å². The van der Waals surface area contributed by atoms with Gasteiger partial charge in [-0.05, 0) is 62.6 Å². The van der Waals surface area contributed by atoms with Crippen LogP contribution in [0.1, 0.15) is 47.8 Å². The minimum Gasteiger partial charge on any atom is -0.483 e. The van der Waals surface area contributed by atoms with Crippen LogP contribution in [0.4, 0.5) is 0 Å². The molecule has 0 saturated heterocycles. The van der Waals surface area contributed by atoms with Crippen LogP contribution in [0, 0.1) is 12.8 Å². The van der Waals surface area contributed by atoms with Crippen LogP contribution < -0.4 is 15.7 Å². The fourth-order valence-electron chi connectivity index (χ4n) is 4.48. The first-order valence-corrected chi connectivity index (χ1v) is 10.5. The Labute approximate surface area is 174 Å². The maximum atomic E-state index is 12.6. The molecule has 156 valence electrons. The number of hydrogen-bond donors (Lipinski definition) is 1. The van der Waals surface area contributed by atoms with Crippen molar-refractivity contribution < 1.29 is 13.9 Å². The molecule has 2 heterocycles. The zero-order valence-electron chi connectivity index (χ0n) is 17.2. The summed E-state index contributed by atoms with van der Waals surface area (Å²) in [5.74, 6) is 1.65. The van der Waals surface area contributed by atoms with E-state index in [1.165, 1.54) is 0 Å². The number of carbonyl (C=O) groups excluding carboxylic acids is 1. The smallest absolute Gasteiger partial charge is 0.339 e.